The number of aliphatic hydroxyl groups excluding tert-OH is 1. The van der Waals surface area contributed by atoms with Crippen molar-refractivity contribution in [2.24, 2.45) is 5.92 Å². The van der Waals surface area contributed by atoms with E-state index in [2.05, 4.69) is 0 Å². The molecule has 3 nitrogen and oxygen atoms in total. The Bertz CT molecular complexity index is 466. The number of aliphatic hydroxyl groups is 1. The minimum absolute atomic E-state index is 0.0000446. The van der Waals surface area contributed by atoms with Crippen molar-refractivity contribution < 1.29 is 14.3 Å². The van der Waals surface area contributed by atoms with Gasteiger partial charge in [-0.05, 0) is 30.5 Å². The van der Waals surface area contributed by atoms with Gasteiger partial charge in [0.1, 0.15) is 5.82 Å². The zero-order valence-corrected chi connectivity index (χ0v) is 10.8. The molecule has 1 aliphatic heterocycles. The quantitative estimate of drug-likeness (QED) is 0.897. The summed E-state index contributed by atoms with van der Waals surface area (Å²) in [6, 6.07) is 3.83. The van der Waals surface area contributed by atoms with Crippen molar-refractivity contribution in [3.63, 3.8) is 0 Å². The van der Waals surface area contributed by atoms with Gasteiger partial charge >= 0.3 is 0 Å². The minimum atomic E-state index is -0.602. The van der Waals surface area contributed by atoms with Gasteiger partial charge in [0, 0.05) is 12.1 Å². The van der Waals surface area contributed by atoms with Gasteiger partial charge in [0.15, 0.2) is 0 Å². The molecule has 1 aromatic carbocycles. The molecule has 1 fully saturated rings. The monoisotopic (exact) mass is 271 g/mol. The molecule has 2 unspecified atom stereocenters. The number of rotatable bonds is 2. The predicted octanol–water partition coefficient (Wildman–Crippen LogP) is 2.32. The lowest BCUT2D eigenvalue weighted by atomic mass is 10.0. The van der Waals surface area contributed by atoms with E-state index < -0.39 is 5.82 Å². The molecule has 1 saturated heterocycles. The second kappa shape index (κ2) is 5.24. The number of carbonyl (C=O) groups excluding carboxylic acids is 1. The summed E-state index contributed by atoms with van der Waals surface area (Å²) in [5.74, 6) is -0.597. The average Bonchev–Trinajstić information content (AvgIpc) is 2.73. The first kappa shape index (κ1) is 13.3. The summed E-state index contributed by atoms with van der Waals surface area (Å²) in [5.41, 5.74) is 0.268. The first-order valence-corrected chi connectivity index (χ1v) is 6.29. The third-order valence-electron chi connectivity index (χ3n) is 3.50. The number of hydrogen-bond donors (Lipinski definition) is 1. The molecule has 1 aliphatic rings. The van der Waals surface area contributed by atoms with Crippen LogP contribution in [0.1, 0.15) is 23.7 Å². The highest BCUT2D eigenvalue weighted by Gasteiger charge is 2.34. The van der Waals surface area contributed by atoms with E-state index in [1.807, 2.05) is 6.92 Å². The molecule has 0 radical (unpaired) electrons. The van der Waals surface area contributed by atoms with Crippen LogP contribution in [0.2, 0.25) is 5.02 Å². The fourth-order valence-corrected chi connectivity index (χ4v) is 2.45. The topological polar surface area (TPSA) is 40.5 Å². The molecular weight excluding hydrogens is 257 g/mol. The molecule has 2 atom stereocenters. The lowest BCUT2D eigenvalue weighted by molar-refractivity contribution is 0.0647. The van der Waals surface area contributed by atoms with Crippen LogP contribution < -0.4 is 0 Å². The van der Waals surface area contributed by atoms with Crippen molar-refractivity contribution in [2.75, 3.05) is 13.2 Å². The van der Waals surface area contributed by atoms with Crippen LogP contribution in [0.3, 0.4) is 0 Å². The second-order valence-electron chi connectivity index (χ2n) is 4.64. The molecule has 98 valence electrons. The van der Waals surface area contributed by atoms with Gasteiger partial charge in [-0.2, -0.15) is 0 Å². The Hall–Kier alpha value is -1.13. The maximum Gasteiger partial charge on any atom is 0.254 e. The fraction of sp³-hybridized carbons (Fsp3) is 0.462. The van der Waals surface area contributed by atoms with Crippen molar-refractivity contribution in [3.05, 3.63) is 34.6 Å². The normalized spacial score (nSPS) is 23.4. The summed E-state index contributed by atoms with van der Waals surface area (Å²) in [6.07, 6.45) is 0.854. The number of carbonyl (C=O) groups is 1. The summed E-state index contributed by atoms with van der Waals surface area (Å²) in [5, 5.41) is 9.31. The molecule has 0 saturated carbocycles. The third kappa shape index (κ3) is 2.35. The van der Waals surface area contributed by atoms with E-state index in [1.165, 1.54) is 12.1 Å². The first-order valence-electron chi connectivity index (χ1n) is 5.91. The molecule has 2 rings (SSSR count). The van der Waals surface area contributed by atoms with Gasteiger partial charge in [-0.15, -0.1) is 0 Å². The molecule has 0 bridgehead atoms. The van der Waals surface area contributed by atoms with E-state index in [0.29, 0.717) is 6.54 Å². The lowest BCUT2D eigenvalue weighted by Gasteiger charge is -2.25. The van der Waals surface area contributed by atoms with Gasteiger partial charge < -0.3 is 10.0 Å². The van der Waals surface area contributed by atoms with Gasteiger partial charge in [-0.25, -0.2) is 4.39 Å². The molecule has 0 aliphatic carbocycles. The highest BCUT2D eigenvalue weighted by molar-refractivity contribution is 6.30. The molecule has 1 heterocycles. The SMILES string of the molecule is CC1CCN(C(=O)c2ccc(Cl)c(F)c2)C1CO. The van der Waals surface area contributed by atoms with Crippen molar-refractivity contribution in [1.29, 1.82) is 0 Å². The maximum absolute atomic E-state index is 13.3. The molecule has 5 heteroatoms. The predicted molar refractivity (Wildman–Crippen MR) is 67.1 cm³/mol. The van der Waals surface area contributed by atoms with Crippen LogP contribution in [-0.2, 0) is 0 Å². The van der Waals surface area contributed by atoms with E-state index in [4.69, 9.17) is 11.6 Å². The van der Waals surface area contributed by atoms with Gasteiger partial charge in [0.25, 0.3) is 5.91 Å². The van der Waals surface area contributed by atoms with Crippen LogP contribution >= 0.6 is 11.6 Å². The summed E-state index contributed by atoms with van der Waals surface area (Å²) in [4.78, 5) is 13.8. The molecular formula is C13H15ClFNO2. The zero-order valence-electron chi connectivity index (χ0n) is 10.1. The Morgan fingerprint density at radius 1 is 1.61 bits per heavy atom. The molecule has 0 spiro atoms. The van der Waals surface area contributed by atoms with Crippen LogP contribution in [-0.4, -0.2) is 35.1 Å². The molecule has 0 aromatic heterocycles. The van der Waals surface area contributed by atoms with Crippen LogP contribution in [0, 0.1) is 11.7 Å². The lowest BCUT2D eigenvalue weighted by Crippen LogP contribution is -2.39. The van der Waals surface area contributed by atoms with Gasteiger partial charge in [-0.3, -0.25) is 4.79 Å². The number of likely N-dealkylation sites (tertiary alicyclic amines) is 1. The van der Waals surface area contributed by atoms with Crippen LogP contribution in [0.5, 0.6) is 0 Å². The standard InChI is InChI=1S/C13H15ClFNO2/c1-8-4-5-16(12(8)7-17)13(18)9-2-3-10(14)11(15)6-9/h2-3,6,8,12,17H,4-5,7H2,1H3. The highest BCUT2D eigenvalue weighted by atomic mass is 35.5. The maximum atomic E-state index is 13.3. The Morgan fingerprint density at radius 2 is 2.33 bits per heavy atom. The number of halogens is 2. The number of amides is 1. The second-order valence-corrected chi connectivity index (χ2v) is 5.05. The molecule has 1 N–H and O–H groups in total. The summed E-state index contributed by atoms with van der Waals surface area (Å²) < 4.78 is 13.3. The van der Waals surface area contributed by atoms with Crippen molar-refractivity contribution in [3.8, 4) is 0 Å². The van der Waals surface area contributed by atoms with Crippen LogP contribution in [0.15, 0.2) is 18.2 Å². The van der Waals surface area contributed by atoms with E-state index in [1.54, 1.807) is 4.90 Å². The Kier molecular flexibility index (Phi) is 3.88. The largest absolute Gasteiger partial charge is 0.394 e. The van der Waals surface area contributed by atoms with Gasteiger partial charge in [-0.1, -0.05) is 18.5 Å². The molecule has 1 amide bonds. The van der Waals surface area contributed by atoms with E-state index in [-0.39, 0.29) is 35.1 Å². The number of hydrogen-bond acceptors (Lipinski definition) is 2. The highest BCUT2D eigenvalue weighted by Crippen LogP contribution is 2.26. The van der Waals surface area contributed by atoms with Crippen LogP contribution in [0.25, 0.3) is 0 Å². The average molecular weight is 272 g/mol. The van der Waals surface area contributed by atoms with Crippen molar-refractivity contribution in [1.82, 2.24) is 4.90 Å². The number of nitrogens with zero attached hydrogens (tertiary/aromatic N) is 1. The van der Waals surface area contributed by atoms with Gasteiger partial charge in [0.05, 0.1) is 17.7 Å². The van der Waals surface area contributed by atoms with Gasteiger partial charge in [0.2, 0.25) is 0 Å². The van der Waals surface area contributed by atoms with Crippen LogP contribution in [0.4, 0.5) is 4.39 Å². The molecule has 1 aromatic rings. The third-order valence-corrected chi connectivity index (χ3v) is 3.80. The summed E-state index contributed by atoms with van der Waals surface area (Å²) in [6.45, 7) is 2.52. The van der Waals surface area contributed by atoms with E-state index in [9.17, 15) is 14.3 Å². The zero-order chi connectivity index (χ0) is 13.3. The Morgan fingerprint density at radius 3 is 2.94 bits per heavy atom. The van der Waals surface area contributed by atoms with Crippen molar-refractivity contribution >= 4 is 17.5 Å². The van der Waals surface area contributed by atoms with E-state index >= 15 is 0 Å². The minimum Gasteiger partial charge on any atom is -0.394 e. The summed E-state index contributed by atoms with van der Waals surface area (Å²) in [7, 11) is 0. The fourth-order valence-electron chi connectivity index (χ4n) is 2.33. The smallest absolute Gasteiger partial charge is 0.254 e. The number of benzene rings is 1. The Labute approximate surface area is 110 Å². The van der Waals surface area contributed by atoms with Crippen molar-refractivity contribution in [2.45, 2.75) is 19.4 Å². The first-order chi connectivity index (χ1) is 8.54. The van der Waals surface area contributed by atoms with E-state index in [0.717, 1.165) is 12.5 Å². The molecule has 18 heavy (non-hydrogen) atoms. The Balaban J connectivity index is 2.23. The summed E-state index contributed by atoms with van der Waals surface area (Å²) >= 11 is 5.58.